The van der Waals surface area contributed by atoms with Crippen LogP contribution in [0.1, 0.15) is 5.56 Å². The van der Waals surface area contributed by atoms with Crippen LogP contribution in [0.5, 0.6) is 0 Å². The Morgan fingerprint density at radius 1 is 1.47 bits per heavy atom. The molecule has 1 rings (SSSR count). The van der Waals surface area contributed by atoms with E-state index >= 15 is 0 Å². The summed E-state index contributed by atoms with van der Waals surface area (Å²) in [7, 11) is 3.54. The van der Waals surface area contributed by atoms with Crippen molar-refractivity contribution in [3.05, 3.63) is 34.9 Å². The summed E-state index contributed by atoms with van der Waals surface area (Å²) in [6, 6.07) is 6.60. The van der Waals surface area contributed by atoms with E-state index in [1.807, 2.05) is 12.1 Å². The summed E-state index contributed by atoms with van der Waals surface area (Å²) in [6.07, 6.45) is 1.39. The van der Waals surface area contributed by atoms with E-state index in [1.54, 1.807) is 31.1 Å². The molecular formula is C11H14ClN3O2. The van der Waals surface area contributed by atoms with Gasteiger partial charge in [-0.25, -0.2) is 10.3 Å². The third-order valence-electron chi connectivity index (χ3n) is 1.72. The first kappa shape index (κ1) is 13.5. The number of benzene rings is 1. The molecule has 0 radical (unpaired) electrons. The van der Waals surface area contributed by atoms with E-state index in [1.165, 1.54) is 6.34 Å². The topological polar surface area (TPSA) is 53.9 Å². The molecule has 0 aliphatic rings. The van der Waals surface area contributed by atoms with Crippen LogP contribution in [0.3, 0.4) is 0 Å². The molecule has 6 heteroatoms. The first-order valence-electron chi connectivity index (χ1n) is 4.95. The Kier molecular flexibility index (Phi) is 5.45. The number of rotatable bonds is 4. The summed E-state index contributed by atoms with van der Waals surface area (Å²) in [5.74, 6) is 0. The fourth-order valence-corrected chi connectivity index (χ4v) is 1.08. The number of aliphatic imine (C=N–C) groups is 1. The van der Waals surface area contributed by atoms with Crippen LogP contribution >= 0.6 is 11.6 Å². The number of carbonyl (C=O) groups is 1. The molecule has 0 unspecified atom stereocenters. The number of nitrogens with zero attached hydrogens (tertiary/aromatic N) is 2. The highest BCUT2D eigenvalue weighted by Crippen LogP contribution is 2.09. The Bertz CT molecular complexity index is 390. The van der Waals surface area contributed by atoms with Crippen LogP contribution in [0.4, 0.5) is 4.79 Å². The van der Waals surface area contributed by atoms with E-state index in [4.69, 9.17) is 16.4 Å². The maximum atomic E-state index is 11.1. The fraction of sp³-hybridized carbons (Fsp3) is 0.273. The predicted molar refractivity (Wildman–Crippen MR) is 67.0 cm³/mol. The number of halogens is 1. The second-order valence-corrected chi connectivity index (χ2v) is 3.97. The average Bonchev–Trinajstić information content (AvgIpc) is 2.29. The van der Waals surface area contributed by atoms with Crippen molar-refractivity contribution in [1.29, 1.82) is 0 Å². The van der Waals surface area contributed by atoms with Gasteiger partial charge >= 0.3 is 6.03 Å². The molecular weight excluding hydrogens is 242 g/mol. The molecule has 1 aromatic carbocycles. The quantitative estimate of drug-likeness (QED) is 0.509. The van der Waals surface area contributed by atoms with E-state index in [-0.39, 0.29) is 6.61 Å². The number of amides is 2. The third kappa shape index (κ3) is 5.89. The number of hydrogen-bond acceptors (Lipinski definition) is 2. The van der Waals surface area contributed by atoms with Crippen LogP contribution in [0.25, 0.3) is 0 Å². The molecule has 1 N–H and O–H groups in total. The molecule has 0 aliphatic heterocycles. The summed E-state index contributed by atoms with van der Waals surface area (Å²) >= 11 is 5.73. The fourth-order valence-electron chi connectivity index (χ4n) is 0.956. The largest absolute Gasteiger partial charge is 0.369 e. The Morgan fingerprint density at radius 2 is 2.12 bits per heavy atom. The molecule has 0 spiro atoms. The summed E-state index contributed by atoms with van der Waals surface area (Å²) in [4.78, 5) is 21.3. The zero-order valence-electron chi connectivity index (χ0n) is 9.68. The highest BCUT2D eigenvalue weighted by molar-refractivity contribution is 6.30. The van der Waals surface area contributed by atoms with Gasteiger partial charge < -0.3 is 4.90 Å². The van der Waals surface area contributed by atoms with Gasteiger partial charge in [0.15, 0.2) is 0 Å². The molecule has 0 bridgehead atoms. The number of carbonyl (C=O) groups excluding carboxylic acids is 1. The van der Waals surface area contributed by atoms with Gasteiger partial charge in [-0.05, 0) is 17.7 Å². The Morgan fingerprint density at radius 3 is 2.71 bits per heavy atom. The first-order valence-corrected chi connectivity index (χ1v) is 5.32. The van der Waals surface area contributed by atoms with E-state index in [2.05, 4.69) is 10.5 Å². The lowest BCUT2D eigenvalue weighted by atomic mass is 10.2. The van der Waals surface area contributed by atoms with Crippen molar-refractivity contribution in [1.82, 2.24) is 10.4 Å². The molecule has 0 heterocycles. The number of hydrogen-bond donors (Lipinski definition) is 1. The second kappa shape index (κ2) is 6.88. The molecule has 1 aromatic rings. The smallest absolute Gasteiger partial charge is 0.366 e. The molecule has 0 aliphatic carbocycles. The maximum Gasteiger partial charge on any atom is 0.366 e. The van der Waals surface area contributed by atoms with Gasteiger partial charge in [-0.3, -0.25) is 4.84 Å². The highest BCUT2D eigenvalue weighted by atomic mass is 35.5. The van der Waals surface area contributed by atoms with Gasteiger partial charge in [0.05, 0.1) is 12.9 Å². The van der Waals surface area contributed by atoms with Gasteiger partial charge in [0, 0.05) is 19.1 Å². The minimum atomic E-state index is -0.548. The van der Waals surface area contributed by atoms with E-state index in [0.717, 1.165) is 5.56 Å². The van der Waals surface area contributed by atoms with Crippen molar-refractivity contribution in [2.24, 2.45) is 4.99 Å². The molecule has 5 nitrogen and oxygen atoms in total. The molecule has 92 valence electrons. The van der Waals surface area contributed by atoms with Crippen molar-refractivity contribution < 1.29 is 9.63 Å². The Labute approximate surface area is 105 Å². The number of hydroxylamine groups is 1. The average molecular weight is 256 g/mol. The normalized spacial score (nSPS) is 10.5. The van der Waals surface area contributed by atoms with Crippen molar-refractivity contribution >= 4 is 24.0 Å². The van der Waals surface area contributed by atoms with E-state index in [0.29, 0.717) is 5.02 Å². The van der Waals surface area contributed by atoms with Gasteiger partial charge in [-0.15, -0.1) is 0 Å². The Balaban J connectivity index is 2.28. The summed E-state index contributed by atoms with van der Waals surface area (Å²) in [6.45, 7) is 0.264. The lowest BCUT2D eigenvalue weighted by Crippen LogP contribution is -2.21. The zero-order valence-corrected chi connectivity index (χ0v) is 10.4. The number of urea groups is 1. The summed E-state index contributed by atoms with van der Waals surface area (Å²) in [5, 5.41) is 0.661. The molecule has 0 atom stereocenters. The molecule has 0 saturated heterocycles. The minimum absolute atomic E-state index is 0.264. The molecule has 0 aromatic heterocycles. The van der Waals surface area contributed by atoms with Crippen molar-refractivity contribution in [3.8, 4) is 0 Å². The monoisotopic (exact) mass is 255 g/mol. The zero-order chi connectivity index (χ0) is 12.7. The van der Waals surface area contributed by atoms with Gasteiger partial charge in [0.25, 0.3) is 0 Å². The van der Waals surface area contributed by atoms with Crippen LogP contribution in [0, 0.1) is 0 Å². The standard InChI is InChI=1S/C11H14ClN3O2/c1-15(2)8-13-11(16)14-17-7-9-3-5-10(12)6-4-9/h3-6,8H,7H2,1-2H3,(H,14,16)/b13-8+. The minimum Gasteiger partial charge on any atom is -0.369 e. The molecule has 0 fully saturated rings. The van der Waals surface area contributed by atoms with Crippen LogP contribution < -0.4 is 5.48 Å². The lowest BCUT2D eigenvalue weighted by Gasteiger charge is -2.04. The predicted octanol–water partition coefficient (Wildman–Crippen LogP) is 2.07. The lowest BCUT2D eigenvalue weighted by molar-refractivity contribution is 0.0522. The van der Waals surface area contributed by atoms with Gasteiger partial charge in [-0.2, -0.15) is 4.99 Å². The van der Waals surface area contributed by atoms with E-state index < -0.39 is 6.03 Å². The van der Waals surface area contributed by atoms with E-state index in [9.17, 15) is 4.79 Å². The molecule has 0 saturated carbocycles. The van der Waals surface area contributed by atoms with Gasteiger partial charge in [0.2, 0.25) is 0 Å². The third-order valence-corrected chi connectivity index (χ3v) is 1.97. The SMILES string of the molecule is CN(C)/C=N/C(=O)NOCc1ccc(Cl)cc1. The number of nitrogens with one attached hydrogen (secondary N) is 1. The summed E-state index contributed by atoms with van der Waals surface area (Å²) < 4.78 is 0. The summed E-state index contributed by atoms with van der Waals surface area (Å²) in [5.41, 5.74) is 3.11. The van der Waals surface area contributed by atoms with Gasteiger partial charge in [0.1, 0.15) is 0 Å². The van der Waals surface area contributed by atoms with Crippen molar-refractivity contribution in [3.63, 3.8) is 0 Å². The molecule has 17 heavy (non-hydrogen) atoms. The van der Waals surface area contributed by atoms with Crippen LogP contribution in [0.2, 0.25) is 5.02 Å². The van der Waals surface area contributed by atoms with Crippen molar-refractivity contribution in [2.75, 3.05) is 14.1 Å². The van der Waals surface area contributed by atoms with Gasteiger partial charge in [-0.1, -0.05) is 23.7 Å². The molecule has 2 amide bonds. The van der Waals surface area contributed by atoms with Crippen LogP contribution in [-0.4, -0.2) is 31.4 Å². The Hall–Kier alpha value is -1.59. The van der Waals surface area contributed by atoms with Crippen molar-refractivity contribution in [2.45, 2.75) is 6.61 Å². The van der Waals surface area contributed by atoms with Crippen LogP contribution in [-0.2, 0) is 11.4 Å². The van der Waals surface area contributed by atoms with Crippen LogP contribution in [0.15, 0.2) is 29.3 Å². The second-order valence-electron chi connectivity index (χ2n) is 3.53. The maximum absolute atomic E-state index is 11.1. The first-order chi connectivity index (χ1) is 8.08. The highest BCUT2D eigenvalue weighted by Gasteiger charge is 1.97.